The summed E-state index contributed by atoms with van der Waals surface area (Å²) in [7, 11) is 1.33. The van der Waals surface area contributed by atoms with E-state index >= 15 is 0 Å². The summed E-state index contributed by atoms with van der Waals surface area (Å²) in [6, 6.07) is 9.86. The maximum Gasteiger partial charge on any atom is 0.413 e. The number of esters is 1. The molecule has 2 saturated heterocycles. The van der Waals surface area contributed by atoms with Gasteiger partial charge in [-0.1, -0.05) is 30.3 Å². The van der Waals surface area contributed by atoms with Crippen LogP contribution in [0.5, 0.6) is 0 Å². The maximum atomic E-state index is 13.1. The third-order valence-corrected chi connectivity index (χ3v) is 5.76. The molecule has 7 heteroatoms. The van der Waals surface area contributed by atoms with Gasteiger partial charge in [0.05, 0.1) is 25.3 Å². The minimum Gasteiger partial charge on any atom is -0.466 e. The molecule has 1 amide bonds. The van der Waals surface area contributed by atoms with Crippen molar-refractivity contribution in [3.8, 4) is 0 Å². The largest absolute Gasteiger partial charge is 0.466 e. The Hall–Kier alpha value is -2.12. The standard InChI is InChI=1S/C22H32N2O5/c1-21(2)15-28-22(3,4)24(21)20(26)29-18(19(25)27-5)17-12-9-13-23(17)14-16-10-7-6-8-11-16/h6-8,10-11,17-18H,9,12-15H2,1-5H3/t17-,18-/m0/s1. The molecule has 2 atom stereocenters. The fourth-order valence-corrected chi connectivity index (χ4v) is 4.45. The van der Waals surface area contributed by atoms with E-state index in [-0.39, 0.29) is 6.04 Å². The van der Waals surface area contributed by atoms with Crippen molar-refractivity contribution in [1.29, 1.82) is 0 Å². The lowest BCUT2D eigenvalue weighted by molar-refractivity contribution is -0.156. The third-order valence-electron chi connectivity index (χ3n) is 5.76. The minimum absolute atomic E-state index is 0.221. The first-order valence-electron chi connectivity index (χ1n) is 10.2. The number of rotatable bonds is 5. The first-order valence-corrected chi connectivity index (χ1v) is 10.2. The van der Waals surface area contributed by atoms with Crippen molar-refractivity contribution in [3.05, 3.63) is 35.9 Å². The van der Waals surface area contributed by atoms with Gasteiger partial charge in [-0.25, -0.2) is 9.59 Å². The van der Waals surface area contributed by atoms with Crippen molar-refractivity contribution in [2.24, 2.45) is 0 Å². The normalized spacial score (nSPS) is 24.3. The fraction of sp³-hybridized carbons (Fsp3) is 0.636. The van der Waals surface area contributed by atoms with Crippen LogP contribution in [0.1, 0.15) is 46.1 Å². The molecule has 0 aromatic heterocycles. The average molecular weight is 405 g/mol. The van der Waals surface area contributed by atoms with Gasteiger partial charge in [0, 0.05) is 6.54 Å². The number of nitrogens with zero attached hydrogens (tertiary/aromatic N) is 2. The highest BCUT2D eigenvalue weighted by Crippen LogP contribution is 2.36. The van der Waals surface area contributed by atoms with Crippen molar-refractivity contribution in [3.63, 3.8) is 0 Å². The average Bonchev–Trinajstić information content (AvgIpc) is 3.20. The second-order valence-electron chi connectivity index (χ2n) is 8.88. The molecule has 29 heavy (non-hydrogen) atoms. The molecule has 3 rings (SSSR count). The number of likely N-dealkylation sites (tertiary alicyclic amines) is 1. The van der Waals surface area contributed by atoms with Gasteiger partial charge >= 0.3 is 12.1 Å². The Balaban J connectivity index is 1.79. The lowest BCUT2D eigenvalue weighted by atomic mass is 10.0. The van der Waals surface area contributed by atoms with Crippen LogP contribution in [0.4, 0.5) is 4.79 Å². The van der Waals surface area contributed by atoms with E-state index in [1.807, 2.05) is 45.9 Å². The molecule has 160 valence electrons. The Labute approximate surface area is 172 Å². The van der Waals surface area contributed by atoms with Gasteiger partial charge in [0.2, 0.25) is 6.10 Å². The van der Waals surface area contributed by atoms with E-state index < -0.39 is 29.4 Å². The second-order valence-corrected chi connectivity index (χ2v) is 8.88. The SMILES string of the molecule is COC(=O)[C@@H](OC(=O)N1C(C)(C)COC1(C)C)[C@@H]1CCCN1Cc1ccccc1. The van der Waals surface area contributed by atoms with Crippen LogP contribution in [0.3, 0.4) is 0 Å². The van der Waals surface area contributed by atoms with Gasteiger partial charge in [0.15, 0.2) is 0 Å². The molecule has 0 N–H and O–H groups in total. The van der Waals surface area contributed by atoms with Crippen LogP contribution in [0.15, 0.2) is 30.3 Å². The minimum atomic E-state index is -0.981. The van der Waals surface area contributed by atoms with Crippen molar-refractivity contribution in [2.75, 3.05) is 20.3 Å². The van der Waals surface area contributed by atoms with E-state index in [0.717, 1.165) is 24.9 Å². The van der Waals surface area contributed by atoms with Crippen molar-refractivity contribution in [1.82, 2.24) is 9.80 Å². The molecular weight excluding hydrogens is 372 g/mol. The third kappa shape index (κ3) is 4.56. The zero-order valence-electron chi connectivity index (χ0n) is 18.0. The first-order chi connectivity index (χ1) is 13.7. The number of carbonyl (C=O) groups excluding carboxylic acids is 2. The first kappa shape index (κ1) is 21.6. The molecule has 2 heterocycles. The highest BCUT2D eigenvalue weighted by Gasteiger charge is 2.51. The highest BCUT2D eigenvalue weighted by molar-refractivity contribution is 5.80. The molecule has 0 unspecified atom stereocenters. The van der Waals surface area contributed by atoms with Gasteiger partial charge in [-0.15, -0.1) is 0 Å². The Morgan fingerprint density at radius 2 is 1.90 bits per heavy atom. The predicted octanol–water partition coefficient (Wildman–Crippen LogP) is 3.18. The molecule has 0 saturated carbocycles. The maximum absolute atomic E-state index is 13.1. The van der Waals surface area contributed by atoms with Crippen molar-refractivity contribution >= 4 is 12.1 Å². The van der Waals surface area contributed by atoms with Gasteiger partial charge in [0.25, 0.3) is 0 Å². The van der Waals surface area contributed by atoms with E-state index in [2.05, 4.69) is 17.0 Å². The predicted molar refractivity (Wildman–Crippen MR) is 108 cm³/mol. The second kappa shape index (κ2) is 8.32. The smallest absolute Gasteiger partial charge is 0.413 e. The molecule has 0 bridgehead atoms. The number of amides is 1. The summed E-state index contributed by atoms with van der Waals surface area (Å²) in [6.45, 7) is 9.44. The Morgan fingerprint density at radius 3 is 2.48 bits per heavy atom. The van der Waals surface area contributed by atoms with E-state index in [1.165, 1.54) is 7.11 Å². The van der Waals surface area contributed by atoms with Crippen LogP contribution in [0, 0.1) is 0 Å². The summed E-state index contributed by atoms with van der Waals surface area (Å²) in [4.78, 5) is 29.5. The van der Waals surface area contributed by atoms with E-state index in [4.69, 9.17) is 14.2 Å². The fourth-order valence-electron chi connectivity index (χ4n) is 4.45. The lowest BCUT2D eigenvalue weighted by Gasteiger charge is -2.38. The highest BCUT2D eigenvalue weighted by atomic mass is 16.6. The Morgan fingerprint density at radius 1 is 1.21 bits per heavy atom. The van der Waals surface area contributed by atoms with E-state index in [0.29, 0.717) is 13.2 Å². The van der Waals surface area contributed by atoms with Gasteiger partial charge in [-0.2, -0.15) is 0 Å². The number of carbonyl (C=O) groups is 2. The van der Waals surface area contributed by atoms with Crippen LogP contribution >= 0.6 is 0 Å². The van der Waals surface area contributed by atoms with Crippen molar-refractivity contribution < 1.29 is 23.8 Å². The number of hydrogen-bond donors (Lipinski definition) is 0. The molecule has 1 aromatic carbocycles. The summed E-state index contributed by atoms with van der Waals surface area (Å²) in [6.07, 6.45) is 0.167. The van der Waals surface area contributed by atoms with Crippen LogP contribution in [-0.2, 0) is 25.5 Å². The van der Waals surface area contributed by atoms with Crippen molar-refractivity contribution in [2.45, 2.75) is 70.5 Å². The molecule has 0 radical (unpaired) electrons. The monoisotopic (exact) mass is 404 g/mol. The number of benzene rings is 1. The molecule has 1 aromatic rings. The Kier molecular flexibility index (Phi) is 6.19. The molecule has 2 aliphatic rings. The Bertz CT molecular complexity index is 718. The van der Waals surface area contributed by atoms with Gasteiger partial charge < -0.3 is 14.2 Å². The topological polar surface area (TPSA) is 68.3 Å². The summed E-state index contributed by atoms with van der Waals surface area (Å²) < 4.78 is 16.6. The molecule has 2 aliphatic heterocycles. The van der Waals surface area contributed by atoms with Crippen LogP contribution in [0.25, 0.3) is 0 Å². The summed E-state index contributed by atoms with van der Waals surface area (Å²) in [5.74, 6) is -0.529. The van der Waals surface area contributed by atoms with Crippen LogP contribution in [-0.4, -0.2) is 65.5 Å². The van der Waals surface area contributed by atoms with Crippen LogP contribution in [0.2, 0.25) is 0 Å². The summed E-state index contributed by atoms with van der Waals surface area (Å²) in [5, 5.41) is 0. The van der Waals surface area contributed by atoms with Gasteiger partial charge in [0.1, 0.15) is 5.72 Å². The molecule has 0 aliphatic carbocycles. The lowest BCUT2D eigenvalue weighted by Crippen LogP contribution is -2.55. The molecule has 7 nitrogen and oxygen atoms in total. The molecular formula is C22H32N2O5. The van der Waals surface area contributed by atoms with E-state index in [9.17, 15) is 9.59 Å². The van der Waals surface area contributed by atoms with Gasteiger partial charge in [-0.05, 0) is 52.6 Å². The van der Waals surface area contributed by atoms with Gasteiger partial charge in [-0.3, -0.25) is 9.80 Å². The molecule has 0 spiro atoms. The number of hydrogen-bond acceptors (Lipinski definition) is 6. The zero-order valence-corrected chi connectivity index (χ0v) is 18.0. The number of methoxy groups -OCH3 is 1. The zero-order chi connectivity index (χ0) is 21.2. The summed E-state index contributed by atoms with van der Waals surface area (Å²) in [5.41, 5.74) is -0.175. The van der Waals surface area contributed by atoms with Crippen LogP contribution < -0.4 is 0 Å². The quantitative estimate of drug-likeness (QED) is 0.702. The summed E-state index contributed by atoms with van der Waals surface area (Å²) >= 11 is 0. The number of ether oxygens (including phenoxy) is 3. The van der Waals surface area contributed by atoms with E-state index in [1.54, 1.807) is 4.90 Å². The molecule has 2 fully saturated rings.